The Morgan fingerprint density at radius 2 is 1.64 bits per heavy atom. The van der Waals surface area contributed by atoms with Crippen LogP contribution in [0, 0.1) is 0 Å². The number of nitrogens with zero attached hydrogens (tertiary/aromatic N) is 5. The molecule has 0 unspecified atom stereocenters. The van der Waals surface area contributed by atoms with Crippen molar-refractivity contribution in [3.63, 3.8) is 0 Å². The molecule has 140 valence electrons. The van der Waals surface area contributed by atoms with E-state index in [2.05, 4.69) is 40.8 Å². The number of nitrogens with one attached hydrogen (secondary N) is 2. The number of hydrogen-bond acceptors (Lipinski definition) is 8. The van der Waals surface area contributed by atoms with Crippen LogP contribution in [0.2, 0.25) is 15.1 Å². The van der Waals surface area contributed by atoms with Crippen LogP contribution < -0.4 is 10.7 Å². The van der Waals surface area contributed by atoms with Crippen LogP contribution in [0.25, 0.3) is 11.3 Å². The molecule has 0 fully saturated rings. The van der Waals surface area contributed by atoms with E-state index in [0.29, 0.717) is 32.1 Å². The number of halogens is 3. The summed E-state index contributed by atoms with van der Waals surface area (Å²) in [4.78, 5) is 8.66. The fourth-order valence-corrected chi connectivity index (χ4v) is 2.80. The average molecular weight is 435 g/mol. The van der Waals surface area contributed by atoms with Gasteiger partial charge in [-0.15, -0.1) is 0 Å². The minimum absolute atomic E-state index is 0.225. The zero-order valence-corrected chi connectivity index (χ0v) is 16.2. The highest BCUT2D eigenvalue weighted by atomic mass is 35.5. The van der Waals surface area contributed by atoms with Gasteiger partial charge in [-0.05, 0) is 40.6 Å². The van der Waals surface area contributed by atoms with E-state index in [-0.39, 0.29) is 17.1 Å². The second kappa shape index (κ2) is 7.97. The van der Waals surface area contributed by atoms with Gasteiger partial charge in [-0.1, -0.05) is 46.9 Å². The third-order valence-electron chi connectivity index (χ3n) is 3.57. The molecule has 2 N–H and O–H groups in total. The number of hydrogen-bond donors (Lipinski definition) is 2. The molecule has 0 radical (unpaired) electrons. The van der Waals surface area contributed by atoms with Crippen molar-refractivity contribution in [1.82, 2.24) is 20.3 Å². The lowest BCUT2D eigenvalue weighted by Gasteiger charge is -2.10. The standard InChI is InChI=1S/C17H10Cl3N7O/c18-10-5-6-11(19)9(7-10)8-21-25-15-14(22-13-4-2-1-3-12(13)20)23-16-17(24-15)27-28-26-16/h1-8H,(H,22,23,26)(H,24,25,27)/b21-8-. The molecule has 2 heterocycles. The van der Waals surface area contributed by atoms with Crippen molar-refractivity contribution in [3.05, 3.63) is 63.1 Å². The van der Waals surface area contributed by atoms with Gasteiger partial charge in [0.05, 0.1) is 16.9 Å². The van der Waals surface area contributed by atoms with E-state index in [1.54, 1.807) is 30.3 Å². The maximum atomic E-state index is 6.21. The predicted molar refractivity (Wildman–Crippen MR) is 110 cm³/mol. The largest absolute Gasteiger partial charge is 0.336 e. The quantitative estimate of drug-likeness (QED) is 0.330. The van der Waals surface area contributed by atoms with Crippen molar-refractivity contribution in [2.24, 2.45) is 5.10 Å². The molecule has 0 aliphatic heterocycles. The molecule has 0 bridgehead atoms. The number of aromatic nitrogens is 4. The van der Waals surface area contributed by atoms with Gasteiger partial charge in [0.25, 0.3) is 0 Å². The highest BCUT2D eigenvalue weighted by Gasteiger charge is 2.13. The molecule has 8 nitrogen and oxygen atoms in total. The first kappa shape index (κ1) is 18.4. The summed E-state index contributed by atoms with van der Waals surface area (Å²) in [7, 11) is 0. The average Bonchev–Trinajstić information content (AvgIpc) is 3.13. The first-order chi connectivity index (χ1) is 13.6. The highest BCUT2D eigenvalue weighted by Crippen LogP contribution is 2.28. The Labute approximate surface area is 173 Å². The van der Waals surface area contributed by atoms with Crippen LogP contribution in [-0.2, 0) is 0 Å². The van der Waals surface area contributed by atoms with Gasteiger partial charge in [-0.2, -0.15) is 10.1 Å². The van der Waals surface area contributed by atoms with Crippen LogP contribution in [0.3, 0.4) is 0 Å². The smallest absolute Gasteiger partial charge is 0.245 e. The predicted octanol–water partition coefficient (Wildman–Crippen LogP) is 5.16. The van der Waals surface area contributed by atoms with Crippen molar-refractivity contribution in [1.29, 1.82) is 0 Å². The summed E-state index contributed by atoms with van der Waals surface area (Å²) >= 11 is 18.3. The topological polar surface area (TPSA) is 101 Å². The first-order valence-corrected chi connectivity index (χ1v) is 8.99. The summed E-state index contributed by atoms with van der Waals surface area (Å²) in [6, 6.07) is 12.3. The number of anilines is 3. The van der Waals surface area contributed by atoms with E-state index >= 15 is 0 Å². The summed E-state index contributed by atoms with van der Waals surface area (Å²) in [6.45, 7) is 0. The molecular formula is C17H10Cl3N7O. The molecule has 0 atom stereocenters. The highest BCUT2D eigenvalue weighted by molar-refractivity contribution is 6.35. The van der Waals surface area contributed by atoms with Crippen LogP contribution >= 0.6 is 34.8 Å². The van der Waals surface area contributed by atoms with Gasteiger partial charge in [0.15, 0.2) is 11.6 Å². The summed E-state index contributed by atoms with van der Waals surface area (Å²) in [5, 5.41) is 16.2. The van der Waals surface area contributed by atoms with Gasteiger partial charge in [0, 0.05) is 15.6 Å². The zero-order valence-electron chi connectivity index (χ0n) is 13.9. The van der Waals surface area contributed by atoms with Gasteiger partial charge in [0.1, 0.15) is 0 Å². The molecule has 4 rings (SSSR count). The molecule has 0 aliphatic rings. The number of para-hydroxylation sites is 1. The van der Waals surface area contributed by atoms with E-state index in [1.807, 2.05) is 12.1 Å². The molecule has 0 spiro atoms. The molecular weight excluding hydrogens is 425 g/mol. The van der Waals surface area contributed by atoms with E-state index in [1.165, 1.54) is 6.21 Å². The summed E-state index contributed by atoms with van der Waals surface area (Å²) in [5.41, 5.74) is 4.55. The first-order valence-electron chi connectivity index (χ1n) is 7.86. The number of benzene rings is 2. The Bertz CT molecular complexity index is 1180. The maximum Gasteiger partial charge on any atom is 0.245 e. The van der Waals surface area contributed by atoms with Crippen molar-refractivity contribution < 1.29 is 4.63 Å². The van der Waals surface area contributed by atoms with Gasteiger partial charge < -0.3 is 5.32 Å². The van der Waals surface area contributed by atoms with Gasteiger partial charge in [-0.25, -0.2) is 9.61 Å². The summed E-state index contributed by atoms with van der Waals surface area (Å²) < 4.78 is 4.67. The monoisotopic (exact) mass is 433 g/mol. The van der Waals surface area contributed by atoms with Gasteiger partial charge >= 0.3 is 0 Å². The Morgan fingerprint density at radius 1 is 0.893 bits per heavy atom. The van der Waals surface area contributed by atoms with Gasteiger partial charge in [-0.3, -0.25) is 5.43 Å². The lowest BCUT2D eigenvalue weighted by molar-refractivity contribution is 0.314. The van der Waals surface area contributed by atoms with Crippen molar-refractivity contribution in [3.8, 4) is 0 Å². The van der Waals surface area contributed by atoms with Crippen molar-refractivity contribution >= 4 is 69.6 Å². The SMILES string of the molecule is Clc1ccc(Cl)c(/C=N\Nc2nc3nonc3nc2Nc2ccccc2Cl)c1. The minimum Gasteiger partial charge on any atom is -0.336 e. The Morgan fingerprint density at radius 3 is 2.43 bits per heavy atom. The lowest BCUT2D eigenvalue weighted by Crippen LogP contribution is -2.03. The Kier molecular flexibility index (Phi) is 5.25. The van der Waals surface area contributed by atoms with Crippen LogP contribution in [-0.4, -0.2) is 26.5 Å². The number of fused-ring (bicyclic) bond motifs is 1. The zero-order chi connectivity index (χ0) is 19.5. The second-order valence-electron chi connectivity index (χ2n) is 5.47. The van der Waals surface area contributed by atoms with Crippen LogP contribution in [0.15, 0.2) is 52.2 Å². The van der Waals surface area contributed by atoms with Crippen LogP contribution in [0.5, 0.6) is 0 Å². The molecule has 0 saturated carbocycles. The lowest BCUT2D eigenvalue weighted by atomic mass is 10.2. The fourth-order valence-electron chi connectivity index (χ4n) is 2.27. The van der Waals surface area contributed by atoms with E-state index < -0.39 is 0 Å². The number of hydrazone groups is 1. The normalized spacial score (nSPS) is 11.2. The van der Waals surface area contributed by atoms with E-state index in [9.17, 15) is 0 Å². The fraction of sp³-hybridized carbons (Fsp3) is 0. The molecule has 4 aromatic rings. The summed E-state index contributed by atoms with van der Waals surface area (Å²) in [6.07, 6.45) is 1.51. The summed E-state index contributed by atoms with van der Waals surface area (Å²) in [5.74, 6) is 0.628. The molecule has 0 saturated heterocycles. The molecule has 0 aliphatic carbocycles. The molecule has 2 aromatic heterocycles. The third-order valence-corrected chi connectivity index (χ3v) is 4.48. The van der Waals surface area contributed by atoms with Crippen LogP contribution in [0.1, 0.15) is 5.56 Å². The molecule has 11 heteroatoms. The molecule has 28 heavy (non-hydrogen) atoms. The molecule has 2 aromatic carbocycles. The van der Waals surface area contributed by atoms with E-state index in [4.69, 9.17) is 34.8 Å². The Balaban J connectivity index is 1.66. The maximum absolute atomic E-state index is 6.21. The minimum atomic E-state index is 0.225. The second-order valence-corrected chi connectivity index (χ2v) is 6.72. The van der Waals surface area contributed by atoms with Crippen molar-refractivity contribution in [2.75, 3.05) is 10.7 Å². The number of rotatable bonds is 5. The molecule has 0 amide bonds. The van der Waals surface area contributed by atoms with Crippen LogP contribution in [0.4, 0.5) is 17.3 Å². The third kappa shape index (κ3) is 3.99. The van der Waals surface area contributed by atoms with E-state index in [0.717, 1.165) is 0 Å². The Hall–Kier alpha value is -2.94. The van der Waals surface area contributed by atoms with Crippen molar-refractivity contribution in [2.45, 2.75) is 0 Å². The van der Waals surface area contributed by atoms with Gasteiger partial charge in [0.2, 0.25) is 11.3 Å².